The fraction of sp³-hybridized carbons (Fsp3) is 1.00. The standard InChI is InChI=1S/C36H62O11/c1-31(2)21-8-15-36(18-38)22(33(21,5)12-9-23(31)45-30-28(42)27(41)26(40)20(17-37)44-30)16-19(39)29(36)35(7)14-11-25(47-35)34(6)13-10-24(46-34)32(3,4)43/h19-30,37-43H,8-18H2,1-7H3/t19-,20+,21-,22+,23-,24-,25+,26+,27-,28+,29+,30-,33-,34+,35+,36-/m0/s1. The van der Waals surface area contributed by atoms with Gasteiger partial charge in [0.2, 0.25) is 0 Å². The van der Waals surface area contributed by atoms with Crippen molar-refractivity contribution in [3.05, 3.63) is 0 Å². The summed E-state index contributed by atoms with van der Waals surface area (Å²) in [4.78, 5) is 0. The highest BCUT2D eigenvalue weighted by Gasteiger charge is 2.71. The third-order valence-electron chi connectivity index (χ3n) is 14.5. The zero-order chi connectivity index (χ0) is 34.5. The molecule has 6 rings (SSSR count). The summed E-state index contributed by atoms with van der Waals surface area (Å²) >= 11 is 0. The van der Waals surface area contributed by atoms with E-state index in [1.807, 2.05) is 0 Å². The highest BCUT2D eigenvalue weighted by Crippen LogP contribution is 2.72. The van der Waals surface area contributed by atoms with Gasteiger partial charge in [0.15, 0.2) is 6.29 Å². The molecule has 3 heterocycles. The first-order valence-electron chi connectivity index (χ1n) is 18.1. The average molecular weight is 671 g/mol. The number of hydrogen-bond acceptors (Lipinski definition) is 11. The number of fused-ring (bicyclic) bond motifs is 3. The SMILES string of the molecule is CC(C)(O)[C@@H]1CC[C@](C)([C@H]2CC[C@](C)([C@H]3[C@@H](O)C[C@@H]4[C@@]5(C)CC[C@H](O[C@@H]6O[C@H](CO)[C@@H](O)[C@H](O)[C@H]6O)C(C)(C)[C@@H]5CC[C@]43CO)O2)O1. The Kier molecular flexibility index (Phi) is 9.34. The summed E-state index contributed by atoms with van der Waals surface area (Å²) in [6.45, 7) is 13.9. The predicted molar refractivity (Wildman–Crippen MR) is 171 cm³/mol. The Morgan fingerprint density at radius 2 is 1.45 bits per heavy atom. The first-order valence-corrected chi connectivity index (χ1v) is 18.1. The van der Waals surface area contributed by atoms with Gasteiger partial charge in [-0.2, -0.15) is 0 Å². The Morgan fingerprint density at radius 1 is 0.766 bits per heavy atom. The summed E-state index contributed by atoms with van der Waals surface area (Å²) in [6.07, 6.45) is -1.25. The van der Waals surface area contributed by atoms with Crippen LogP contribution in [0.25, 0.3) is 0 Å². The third-order valence-corrected chi connectivity index (χ3v) is 14.5. The molecule has 6 aliphatic rings. The Bertz CT molecular complexity index is 1140. The quantitative estimate of drug-likeness (QED) is 0.197. The largest absolute Gasteiger partial charge is 0.396 e. The highest BCUT2D eigenvalue weighted by molar-refractivity contribution is 5.19. The molecular formula is C36H62O11. The average Bonchev–Trinajstić information content (AvgIpc) is 3.69. The van der Waals surface area contributed by atoms with E-state index in [2.05, 4.69) is 34.6 Å². The smallest absolute Gasteiger partial charge is 0.186 e. The lowest BCUT2D eigenvalue weighted by Gasteiger charge is -2.64. The van der Waals surface area contributed by atoms with Gasteiger partial charge in [-0.3, -0.25) is 0 Å². The van der Waals surface area contributed by atoms with Gasteiger partial charge in [0, 0.05) is 17.9 Å². The van der Waals surface area contributed by atoms with Crippen LogP contribution in [0.1, 0.15) is 106 Å². The topological polar surface area (TPSA) is 179 Å². The van der Waals surface area contributed by atoms with Crippen LogP contribution in [0.2, 0.25) is 0 Å². The number of ether oxygens (including phenoxy) is 4. The highest BCUT2D eigenvalue weighted by atomic mass is 16.7. The van der Waals surface area contributed by atoms with Gasteiger partial charge < -0.3 is 54.7 Å². The van der Waals surface area contributed by atoms with Crippen molar-refractivity contribution < 1.29 is 54.7 Å². The Morgan fingerprint density at radius 3 is 2.06 bits per heavy atom. The molecule has 7 N–H and O–H groups in total. The van der Waals surface area contributed by atoms with Crippen LogP contribution in [0.15, 0.2) is 0 Å². The van der Waals surface area contributed by atoms with Gasteiger partial charge >= 0.3 is 0 Å². The first kappa shape index (κ1) is 36.4. The van der Waals surface area contributed by atoms with Crippen molar-refractivity contribution in [1.82, 2.24) is 0 Å². The minimum atomic E-state index is -1.50. The van der Waals surface area contributed by atoms with Gasteiger partial charge in [-0.1, -0.05) is 20.8 Å². The normalized spacial score (nSPS) is 54.8. The van der Waals surface area contributed by atoms with E-state index in [1.54, 1.807) is 13.8 Å². The molecular weight excluding hydrogens is 608 g/mol. The van der Waals surface area contributed by atoms with E-state index >= 15 is 0 Å². The van der Waals surface area contributed by atoms with Crippen molar-refractivity contribution in [1.29, 1.82) is 0 Å². The van der Waals surface area contributed by atoms with Gasteiger partial charge in [0.05, 0.1) is 47.8 Å². The van der Waals surface area contributed by atoms with Crippen molar-refractivity contribution in [3.8, 4) is 0 Å². The molecule has 0 radical (unpaired) electrons. The van der Waals surface area contributed by atoms with Crippen LogP contribution in [0.5, 0.6) is 0 Å². The van der Waals surface area contributed by atoms with Crippen molar-refractivity contribution in [2.45, 2.75) is 178 Å². The van der Waals surface area contributed by atoms with Gasteiger partial charge in [-0.25, -0.2) is 0 Å². The molecule has 0 spiro atoms. The fourth-order valence-electron chi connectivity index (χ4n) is 12.1. The Hall–Kier alpha value is -0.440. The number of rotatable bonds is 7. The van der Waals surface area contributed by atoms with Crippen LogP contribution in [0.4, 0.5) is 0 Å². The van der Waals surface area contributed by atoms with Crippen LogP contribution in [-0.4, -0.2) is 121 Å². The lowest BCUT2D eigenvalue weighted by atomic mass is 9.42. The first-order chi connectivity index (χ1) is 21.8. The van der Waals surface area contributed by atoms with Crippen LogP contribution < -0.4 is 0 Å². The third kappa shape index (κ3) is 5.57. The number of aliphatic hydroxyl groups excluding tert-OH is 6. The van der Waals surface area contributed by atoms with E-state index in [0.717, 1.165) is 44.9 Å². The van der Waals surface area contributed by atoms with Crippen LogP contribution in [0, 0.1) is 34.0 Å². The van der Waals surface area contributed by atoms with Crippen molar-refractivity contribution >= 4 is 0 Å². The number of hydrogen-bond donors (Lipinski definition) is 7. The summed E-state index contributed by atoms with van der Waals surface area (Å²) in [5, 5.41) is 74.9. The lowest BCUT2D eigenvalue weighted by Crippen LogP contribution is -2.63. The van der Waals surface area contributed by atoms with Crippen molar-refractivity contribution in [2.24, 2.45) is 34.0 Å². The van der Waals surface area contributed by atoms with E-state index < -0.39 is 65.6 Å². The molecule has 3 aliphatic carbocycles. The summed E-state index contributed by atoms with van der Waals surface area (Å²) in [5.74, 6) is 0.00142. The van der Waals surface area contributed by atoms with E-state index in [9.17, 15) is 35.7 Å². The molecule has 0 bridgehead atoms. The van der Waals surface area contributed by atoms with Crippen molar-refractivity contribution in [3.63, 3.8) is 0 Å². The van der Waals surface area contributed by atoms with Crippen molar-refractivity contribution in [2.75, 3.05) is 13.2 Å². The maximum Gasteiger partial charge on any atom is 0.186 e. The molecule has 272 valence electrons. The molecule has 3 saturated heterocycles. The zero-order valence-electron chi connectivity index (χ0n) is 29.5. The molecule has 3 saturated carbocycles. The molecule has 16 atom stereocenters. The lowest BCUT2D eigenvalue weighted by molar-refractivity contribution is -0.329. The van der Waals surface area contributed by atoms with E-state index in [4.69, 9.17) is 18.9 Å². The Labute approximate surface area is 279 Å². The van der Waals surface area contributed by atoms with Gasteiger partial charge in [-0.15, -0.1) is 0 Å². The summed E-state index contributed by atoms with van der Waals surface area (Å²) in [5.41, 5.74) is -3.18. The molecule has 11 nitrogen and oxygen atoms in total. The van der Waals surface area contributed by atoms with Gasteiger partial charge in [0.1, 0.15) is 24.4 Å². The second-order valence-electron chi connectivity index (χ2n) is 18.1. The minimum absolute atomic E-state index is 0.0227. The monoisotopic (exact) mass is 670 g/mol. The predicted octanol–water partition coefficient (Wildman–Crippen LogP) is 2.03. The molecule has 0 amide bonds. The molecule has 0 aromatic rings. The maximum atomic E-state index is 11.9. The second-order valence-corrected chi connectivity index (χ2v) is 18.1. The van der Waals surface area contributed by atoms with Gasteiger partial charge in [-0.05, 0) is 108 Å². The molecule has 6 fully saturated rings. The zero-order valence-corrected chi connectivity index (χ0v) is 29.5. The molecule has 47 heavy (non-hydrogen) atoms. The molecule has 11 heteroatoms. The molecule has 0 unspecified atom stereocenters. The van der Waals surface area contributed by atoms with E-state index in [-0.39, 0.29) is 53.5 Å². The summed E-state index contributed by atoms with van der Waals surface area (Å²) < 4.78 is 25.6. The van der Waals surface area contributed by atoms with E-state index in [0.29, 0.717) is 12.8 Å². The molecule has 0 aromatic heterocycles. The Balaban J connectivity index is 1.21. The molecule has 3 aliphatic heterocycles. The second kappa shape index (κ2) is 12.1. The molecule has 0 aromatic carbocycles. The van der Waals surface area contributed by atoms with E-state index in [1.165, 1.54) is 0 Å². The van der Waals surface area contributed by atoms with Gasteiger partial charge in [0.25, 0.3) is 0 Å². The minimum Gasteiger partial charge on any atom is -0.396 e. The van der Waals surface area contributed by atoms with Crippen LogP contribution in [0.3, 0.4) is 0 Å². The summed E-state index contributed by atoms with van der Waals surface area (Å²) in [6, 6.07) is 0. The van der Waals surface area contributed by atoms with Crippen LogP contribution in [-0.2, 0) is 18.9 Å². The maximum absolute atomic E-state index is 11.9. The summed E-state index contributed by atoms with van der Waals surface area (Å²) in [7, 11) is 0. The van der Waals surface area contributed by atoms with Crippen LogP contribution >= 0.6 is 0 Å². The number of aliphatic hydroxyl groups is 7. The fourth-order valence-corrected chi connectivity index (χ4v) is 12.1.